The van der Waals surface area contributed by atoms with E-state index in [1.807, 2.05) is 0 Å². The summed E-state index contributed by atoms with van der Waals surface area (Å²) in [5.74, 6) is -0.284. The fraction of sp³-hybridized carbons (Fsp3) is 0.412. The Morgan fingerprint density at radius 3 is 2.58 bits per heavy atom. The number of fused-ring (bicyclic) bond motifs is 1. The predicted molar refractivity (Wildman–Crippen MR) is 89.9 cm³/mol. The highest BCUT2D eigenvalue weighted by Gasteiger charge is 2.43. The molecule has 26 heavy (non-hydrogen) atoms. The van der Waals surface area contributed by atoms with Crippen LogP contribution >= 0.6 is 0 Å². The number of anilines is 1. The van der Waals surface area contributed by atoms with Crippen molar-refractivity contribution < 1.29 is 34.4 Å². The molecule has 1 aliphatic rings. The number of carbonyl (C=O) groups is 1. The second-order valence-electron chi connectivity index (χ2n) is 6.15. The molecule has 2 heterocycles. The summed E-state index contributed by atoms with van der Waals surface area (Å²) in [6.07, 6.45) is -5.41. The summed E-state index contributed by atoms with van der Waals surface area (Å²) in [4.78, 5) is 23.3. The number of nitrogens with one attached hydrogen (secondary N) is 1. The van der Waals surface area contributed by atoms with Crippen LogP contribution in [-0.4, -0.2) is 63.5 Å². The highest BCUT2D eigenvalue weighted by molar-refractivity contribution is 6.05. The van der Waals surface area contributed by atoms with E-state index >= 15 is 0 Å². The number of Topliss-reactive ketones (excluding diaryl/α,β-unsaturated/α-hetero) is 1. The Bertz CT molecular complexity index is 879. The molecule has 3 rings (SSSR count). The van der Waals surface area contributed by atoms with Crippen molar-refractivity contribution in [2.24, 2.45) is 0 Å². The van der Waals surface area contributed by atoms with Crippen LogP contribution in [0.4, 0.5) is 5.69 Å². The van der Waals surface area contributed by atoms with Gasteiger partial charge in [0.25, 0.3) is 0 Å². The third-order valence-corrected chi connectivity index (χ3v) is 4.36. The standard InChI is InChI=1S/C17H19NO8/c1-7(20)10-5-13(21)25-11-4-8(2-3-9(10)11)18-14-16(23)15(22)12(6-19)26-17(14)24/h2-5,12,14-19,22-24H,6H2,1H3/t12?,14-,15+,16?,17?/m0/s1. The second kappa shape index (κ2) is 7.14. The number of hydrogen-bond donors (Lipinski definition) is 5. The minimum atomic E-state index is -1.49. The van der Waals surface area contributed by atoms with Crippen LogP contribution in [0.5, 0.6) is 0 Å². The number of ketones is 1. The number of hydrogen-bond acceptors (Lipinski definition) is 9. The highest BCUT2D eigenvalue weighted by atomic mass is 16.6. The van der Waals surface area contributed by atoms with Crippen LogP contribution < -0.4 is 10.9 Å². The van der Waals surface area contributed by atoms with Crippen molar-refractivity contribution in [1.29, 1.82) is 0 Å². The minimum absolute atomic E-state index is 0.155. The monoisotopic (exact) mass is 365 g/mol. The zero-order chi connectivity index (χ0) is 19.0. The van der Waals surface area contributed by atoms with Crippen LogP contribution in [0.15, 0.2) is 33.5 Å². The summed E-state index contributed by atoms with van der Waals surface area (Å²) in [5, 5.41) is 42.4. The molecule has 0 amide bonds. The van der Waals surface area contributed by atoms with Crippen LogP contribution in [0, 0.1) is 0 Å². The van der Waals surface area contributed by atoms with E-state index in [9.17, 15) is 24.9 Å². The van der Waals surface area contributed by atoms with Gasteiger partial charge >= 0.3 is 5.63 Å². The molecule has 0 aliphatic carbocycles. The van der Waals surface area contributed by atoms with Crippen molar-refractivity contribution in [1.82, 2.24) is 0 Å². The van der Waals surface area contributed by atoms with Gasteiger partial charge in [-0.15, -0.1) is 0 Å². The lowest BCUT2D eigenvalue weighted by Crippen LogP contribution is -2.61. The maximum absolute atomic E-state index is 11.7. The van der Waals surface area contributed by atoms with Gasteiger partial charge < -0.3 is 34.9 Å². The molecule has 0 saturated carbocycles. The molecule has 2 aromatic rings. The van der Waals surface area contributed by atoms with Gasteiger partial charge in [0, 0.05) is 28.8 Å². The first-order valence-corrected chi connectivity index (χ1v) is 7.97. The van der Waals surface area contributed by atoms with Gasteiger partial charge in [-0.1, -0.05) is 0 Å². The Morgan fingerprint density at radius 1 is 1.19 bits per heavy atom. The third kappa shape index (κ3) is 3.35. The van der Waals surface area contributed by atoms with E-state index in [4.69, 9.17) is 14.3 Å². The van der Waals surface area contributed by atoms with E-state index < -0.39 is 42.9 Å². The average Bonchev–Trinajstić information content (AvgIpc) is 2.60. The number of aliphatic hydroxyl groups is 4. The van der Waals surface area contributed by atoms with Crippen molar-refractivity contribution in [3.63, 3.8) is 0 Å². The summed E-state index contributed by atoms with van der Waals surface area (Å²) >= 11 is 0. The van der Waals surface area contributed by atoms with Crippen molar-refractivity contribution in [3.05, 3.63) is 40.2 Å². The fourth-order valence-corrected chi connectivity index (χ4v) is 2.99. The number of aliphatic hydroxyl groups excluding tert-OH is 4. The van der Waals surface area contributed by atoms with Gasteiger partial charge in [-0.05, 0) is 19.1 Å². The van der Waals surface area contributed by atoms with Crippen molar-refractivity contribution in [2.75, 3.05) is 11.9 Å². The Labute approximate surface area is 147 Å². The van der Waals surface area contributed by atoms with Crippen LogP contribution in [0.25, 0.3) is 11.0 Å². The largest absolute Gasteiger partial charge is 0.423 e. The second-order valence-corrected chi connectivity index (χ2v) is 6.15. The lowest BCUT2D eigenvalue weighted by Gasteiger charge is -2.40. The number of benzene rings is 1. The first-order chi connectivity index (χ1) is 12.3. The molecule has 5 atom stereocenters. The molecule has 0 radical (unpaired) electrons. The van der Waals surface area contributed by atoms with E-state index in [0.29, 0.717) is 11.1 Å². The van der Waals surface area contributed by atoms with Crippen LogP contribution in [0.2, 0.25) is 0 Å². The van der Waals surface area contributed by atoms with E-state index in [-0.39, 0.29) is 16.9 Å². The Hall–Kier alpha value is -2.30. The van der Waals surface area contributed by atoms with Crippen LogP contribution in [0.3, 0.4) is 0 Å². The molecule has 1 aromatic carbocycles. The molecule has 1 saturated heterocycles. The number of ether oxygens (including phenoxy) is 1. The maximum Gasteiger partial charge on any atom is 0.336 e. The summed E-state index contributed by atoms with van der Waals surface area (Å²) in [6.45, 7) is 0.780. The molecule has 0 bridgehead atoms. The SMILES string of the molecule is CC(=O)c1cc(=O)oc2cc(N[C@@H]3C(O)OC(CO)[C@@H](O)C3O)ccc12. The summed E-state index contributed by atoms with van der Waals surface area (Å²) in [7, 11) is 0. The van der Waals surface area contributed by atoms with E-state index in [1.54, 1.807) is 12.1 Å². The summed E-state index contributed by atoms with van der Waals surface area (Å²) in [5.41, 5.74) is 0.0668. The van der Waals surface area contributed by atoms with Gasteiger partial charge in [0.1, 0.15) is 29.9 Å². The van der Waals surface area contributed by atoms with Crippen molar-refractivity contribution in [2.45, 2.75) is 37.6 Å². The molecule has 5 N–H and O–H groups in total. The molecule has 1 aromatic heterocycles. The van der Waals surface area contributed by atoms with Gasteiger partial charge in [0.15, 0.2) is 12.1 Å². The molecule has 9 heteroatoms. The lowest BCUT2D eigenvalue weighted by atomic mass is 9.96. The van der Waals surface area contributed by atoms with E-state index in [2.05, 4.69) is 5.32 Å². The number of rotatable bonds is 4. The predicted octanol–water partition coefficient (Wildman–Crippen LogP) is -0.793. The van der Waals surface area contributed by atoms with Gasteiger partial charge in [-0.3, -0.25) is 4.79 Å². The van der Waals surface area contributed by atoms with Crippen LogP contribution in [0.1, 0.15) is 17.3 Å². The molecular weight excluding hydrogens is 346 g/mol. The molecule has 1 aliphatic heterocycles. The zero-order valence-electron chi connectivity index (χ0n) is 13.8. The topological polar surface area (TPSA) is 149 Å². The number of carbonyl (C=O) groups excluding carboxylic acids is 1. The normalized spacial score (nSPS) is 28.9. The first-order valence-electron chi connectivity index (χ1n) is 7.97. The highest BCUT2D eigenvalue weighted by Crippen LogP contribution is 2.26. The molecule has 3 unspecified atom stereocenters. The van der Waals surface area contributed by atoms with Crippen molar-refractivity contribution >= 4 is 22.4 Å². The smallest absolute Gasteiger partial charge is 0.336 e. The third-order valence-electron chi connectivity index (χ3n) is 4.36. The van der Waals surface area contributed by atoms with Gasteiger partial charge in [0.2, 0.25) is 0 Å². The summed E-state index contributed by atoms with van der Waals surface area (Å²) < 4.78 is 10.2. The zero-order valence-corrected chi connectivity index (χ0v) is 13.8. The van der Waals surface area contributed by atoms with Crippen molar-refractivity contribution in [3.8, 4) is 0 Å². The molecule has 1 fully saturated rings. The molecule has 0 spiro atoms. The van der Waals surface area contributed by atoms with Gasteiger partial charge in [0.05, 0.1) is 6.61 Å². The van der Waals surface area contributed by atoms with E-state index in [0.717, 1.165) is 6.07 Å². The van der Waals surface area contributed by atoms with Gasteiger partial charge in [-0.25, -0.2) is 4.79 Å². The quantitative estimate of drug-likeness (QED) is 0.347. The Morgan fingerprint density at radius 2 is 1.92 bits per heavy atom. The molecular formula is C17H19NO8. The van der Waals surface area contributed by atoms with E-state index in [1.165, 1.54) is 13.0 Å². The first kappa shape index (κ1) is 18.5. The van der Waals surface area contributed by atoms with Gasteiger partial charge in [-0.2, -0.15) is 0 Å². The van der Waals surface area contributed by atoms with Crippen LogP contribution in [-0.2, 0) is 4.74 Å². The fourth-order valence-electron chi connectivity index (χ4n) is 2.99. The Kier molecular flexibility index (Phi) is 5.08. The summed E-state index contributed by atoms with van der Waals surface area (Å²) in [6, 6.07) is 4.59. The average molecular weight is 365 g/mol. The Balaban J connectivity index is 1.92. The molecule has 9 nitrogen and oxygen atoms in total. The molecule has 140 valence electrons. The maximum atomic E-state index is 11.7. The minimum Gasteiger partial charge on any atom is -0.423 e. The lowest BCUT2D eigenvalue weighted by molar-refractivity contribution is -0.245.